The molecule has 0 heterocycles. The van der Waals surface area contributed by atoms with Crippen molar-refractivity contribution >= 4 is 22.6 Å². The second-order valence-corrected chi connectivity index (χ2v) is 4.52. The van der Waals surface area contributed by atoms with Crippen molar-refractivity contribution in [1.82, 2.24) is 0 Å². The molecule has 2 aromatic carbocycles. The third-order valence-electron chi connectivity index (χ3n) is 3.53. The summed E-state index contributed by atoms with van der Waals surface area (Å²) < 4.78 is 0. The van der Waals surface area contributed by atoms with Crippen molar-refractivity contribution in [2.75, 3.05) is 0 Å². The molecule has 0 saturated carbocycles. The molecule has 2 aromatic rings. The third kappa shape index (κ3) is 1.32. The Labute approximate surface area is 104 Å². The van der Waals surface area contributed by atoms with Crippen molar-refractivity contribution in [1.29, 1.82) is 0 Å². The van der Waals surface area contributed by atoms with Crippen molar-refractivity contribution in [3.8, 4) is 0 Å². The van der Waals surface area contributed by atoms with Gasteiger partial charge in [-0.3, -0.25) is 9.59 Å². The molecule has 1 aliphatic rings. The molecular formula is C14H12N2O2. The number of primary amides is 2. The lowest BCUT2D eigenvalue weighted by Crippen LogP contribution is -2.16. The number of carbonyl (C=O) groups is 2. The van der Waals surface area contributed by atoms with Crippen LogP contribution in [0.15, 0.2) is 24.3 Å². The largest absolute Gasteiger partial charge is 0.366 e. The van der Waals surface area contributed by atoms with E-state index in [9.17, 15) is 9.59 Å². The van der Waals surface area contributed by atoms with Gasteiger partial charge in [0.15, 0.2) is 0 Å². The number of benzene rings is 2. The van der Waals surface area contributed by atoms with Crippen LogP contribution < -0.4 is 11.5 Å². The molecule has 0 saturated heterocycles. The molecule has 0 radical (unpaired) electrons. The number of hydrogen-bond acceptors (Lipinski definition) is 2. The van der Waals surface area contributed by atoms with Crippen LogP contribution >= 0.6 is 0 Å². The lowest BCUT2D eigenvalue weighted by atomic mass is 9.95. The Morgan fingerprint density at radius 2 is 1.22 bits per heavy atom. The van der Waals surface area contributed by atoms with Crippen LogP contribution in [0.4, 0.5) is 0 Å². The summed E-state index contributed by atoms with van der Waals surface area (Å²) >= 11 is 0. The van der Waals surface area contributed by atoms with Crippen LogP contribution in [0.1, 0.15) is 31.8 Å². The summed E-state index contributed by atoms with van der Waals surface area (Å²) in [6, 6.07) is 7.18. The van der Waals surface area contributed by atoms with Gasteiger partial charge in [0.1, 0.15) is 0 Å². The summed E-state index contributed by atoms with van der Waals surface area (Å²) in [7, 11) is 0. The van der Waals surface area contributed by atoms with Crippen LogP contribution in [0.2, 0.25) is 0 Å². The fourth-order valence-electron chi connectivity index (χ4n) is 2.74. The van der Waals surface area contributed by atoms with E-state index in [2.05, 4.69) is 0 Å². The summed E-state index contributed by atoms with van der Waals surface area (Å²) in [5.74, 6) is -1.07. The van der Waals surface area contributed by atoms with Crippen LogP contribution in [-0.2, 0) is 12.8 Å². The fourth-order valence-corrected chi connectivity index (χ4v) is 2.74. The van der Waals surface area contributed by atoms with E-state index in [1.807, 2.05) is 12.1 Å². The maximum absolute atomic E-state index is 11.5. The summed E-state index contributed by atoms with van der Waals surface area (Å²) in [4.78, 5) is 23.0. The van der Waals surface area contributed by atoms with E-state index in [-0.39, 0.29) is 0 Å². The maximum Gasteiger partial charge on any atom is 0.249 e. The molecule has 4 heteroatoms. The third-order valence-corrected chi connectivity index (χ3v) is 3.53. The number of hydrogen-bond donors (Lipinski definition) is 2. The maximum atomic E-state index is 11.5. The van der Waals surface area contributed by atoms with Gasteiger partial charge in [-0.25, -0.2) is 0 Å². The van der Waals surface area contributed by atoms with E-state index in [0.717, 1.165) is 29.4 Å². The molecule has 4 nitrogen and oxygen atoms in total. The molecule has 90 valence electrons. The van der Waals surface area contributed by atoms with Gasteiger partial charge in [0.05, 0.1) is 0 Å². The normalized spacial score (nSPS) is 12.9. The molecule has 0 unspecified atom stereocenters. The predicted molar refractivity (Wildman–Crippen MR) is 68.4 cm³/mol. The molecule has 3 rings (SSSR count). The Morgan fingerprint density at radius 1 is 0.778 bits per heavy atom. The quantitative estimate of drug-likeness (QED) is 0.824. The van der Waals surface area contributed by atoms with E-state index in [1.165, 1.54) is 0 Å². The zero-order valence-corrected chi connectivity index (χ0v) is 9.69. The first kappa shape index (κ1) is 10.8. The number of rotatable bonds is 2. The number of carbonyl (C=O) groups excluding carboxylic acids is 2. The molecule has 18 heavy (non-hydrogen) atoms. The Morgan fingerprint density at radius 3 is 1.61 bits per heavy atom. The van der Waals surface area contributed by atoms with Gasteiger partial charge in [0, 0.05) is 16.5 Å². The molecular weight excluding hydrogens is 228 g/mol. The SMILES string of the molecule is NC(=O)c1ccc2c3c(ccc(C(N)=O)c13)CC2. The Kier molecular flexibility index (Phi) is 2.13. The highest BCUT2D eigenvalue weighted by Gasteiger charge is 2.21. The number of aryl methyl sites for hydroxylation is 2. The monoisotopic (exact) mass is 240 g/mol. The standard InChI is InChI=1S/C14H12N2O2/c15-13(17)9-5-3-7-1-2-8-4-6-10(14(16)18)12(9)11(7)8/h3-6H,1-2H2,(H2,15,17)(H2,16,18). The van der Waals surface area contributed by atoms with Gasteiger partial charge in [0.25, 0.3) is 0 Å². The number of amides is 2. The molecule has 2 amide bonds. The van der Waals surface area contributed by atoms with E-state index < -0.39 is 11.8 Å². The molecule has 0 fully saturated rings. The van der Waals surface area contributed by atoms with Crippen LogP contribution in [0, 0.1) is 0 Å². The molecule has 0 atom stereocenters. The highest BCUT2D eigenvalue weighted by atomic mass is 16.1. The summed E-state index contributed by atoms with van der Waals surface area (Å²) in [6.45, 7) is 0. The van der Waals surface area contributed by atoms with Crippen LogP contribution in [0.5, 0.6) is 0 Å². The van der Waals surface area contributed by atoms with Gasteiger partial charge in [0.2, 0.25) is 11.8 Å². The smallest absolute Gasteiger partial charge is 0.249 e. The first-order valence-corrected chi connectivity index (χ1v) is 5.76. The van der Waals surface area contributed by atoms with E-state index >= 15 is 0 Å². The minimum atomic E-state index is -0.534. The van der Waals surface area contributed by atoms with Gasteiger partial charge in [-0.1, -0.05) is 12.1 Å². The highest BCUT2D eigenvalue weighted by Crippen LogP contribution is 2.34. The van der Waals surface area contributed by atoms with Crippen LogP contribution in [-0.4, -0.2) is 11.8 Å². The summed E-state index contributed by atoms with van der Waals surface area (Å²) in [5, 5.41) is 1.59. The van der Waals surface area contributed by atoms with Gasteiger partial charge in [-0.15, -0.1) is 0 Å². The van der Waals surface area contributed by atoms with E-state index in [4.69, 9.17) is 11.5 Å². The summed E-state index contributed by atoms with van der Waals surface area (Å²) in [6.07, 6.45) is 1.85. The van der Waals surface area contributed by atoms with E-state index in [0.29, 0.717) is 16.5 Å². The minimum absolute atomic E-state index is 0.367. The van der Waals surface area contributed by atoms with Crippen LogP contribution in [0.25, 0.3) is 10.8 Å². The summed E-state index contributed by atoms with van der Waals surface area (Å²) in [5.41, 5.74) is 13.8. The van der Waals surface area contributed by atoms with Crippen molar-refractivity contribution in [3.05, 3.63) is 46.5 Å². The molecule has 0 bridgehead atoms. The van der Waals surface area contributed by atoms with Crippen molar-refractivity contribution in [2.45, 2.75) is 12.8 Å². The lowest BCUT2D eigenvalue weighted by Gasteiger charge is -2.09. The lowest BCUT2D eigenvalue weighted by molar-refractivity contribution is 0.0998. The topological polar surface area (TPSA) is 86.2 Å². The molecule has 4 N–H and O–H groups in total. The van der Waals surface area contributed by atoms with Crippen molar-refractivity contribution in [2.24, 2.45) is 11.5 Å². The Balaban J connectivity index is 2.53. The van der Waals surface area contributed by atoms with Crippen LogP contribution in [0.3, 0.4) is 0 Å². The first-order valence-electron chi connectivity index (χ1n) is 5.76. The predicted octanol–water partition coefficient (Wildman–Crippen LogP) is 1.14. The minimum Gasteiger partial charge on any atom is -0.366 e. The van der Waals surface area contributed by atoms with Gasteiger partial charge < -0.3 is 11.5 Å². The zero-order chi connectivity index (χ0) is 12.9. The van der Waals surface area contributed by atoms with Gasteiger partial charge in [-0.2, -0.15) is 0 Å². The Hall–Kier alpha value is -2.36. The molecule has 1 aliphatic carbocycles. The van der Waals surface area contributed by atoms with E-state index in [1.54, 1.807) is 12.1 Å². The second kappa shape index (κ2) is 3.57. The first-order chi connectivity index (χ1) is 8.59. The van der Waals surface area contributed by atoms with Crippen molar-refractivity contribution in [3.63, 3.8) is 0 Å². The average molecular weight is 240 g/mol. The molecule has 0 aliphatic heterocycles. The average Bonchev–Trinajstić information content (AvgIpc) is 2.74. The van der Waals surface area contributed by atoms with Gasteiger partial charge >= 0.3 is 0 Å². The Bertz CT molecular complexity index is 648. The molecule has 0 aromatic heterocycles. The van der Waals surface area contributed by atoms with Crippen molar-refractivity contribution < 1.29 is 9.59 Å². The van der Waals surface area contributed by atoms with Gasteiger partial charge in [-0.05, 0) is 41.5 Å². The second-order valence-electron chi connectivity index (χ2n) is 4.52. The molecule has 0 spiro atoms. The highest BCUT2D eigenvalue weighted by molar-refractivity contribution is 6.16. The fraction of sp³-hybridized carbons (Fsp3) is 0.143. The zero-order valence-electron chi connectivity index (χ0n) is 9.69. The number of nitrogens with two attached hydrogens (primary N) is 2.